The monoisotopic (exact) mass is 447 g/mol. The molecular formula is C30H59N2+. The highest BCUT2D eigenvalue weighted by Gasteiger charge is 2.16. The molecule has 0 N–H and O–H groups in total. The molecule has 1 rings (SSSR count). The number of imidazole rings is 1. The van der Waals surface area contributed by atoms with Gasteiger partial charge in [-0.1, -0.05) is 124 Å². The molecule has 0 spiro atoms. The number of aryl methyl sites for hydroxylation is 2. The van der Waals surface area contributed by atoms with E-state index < -0.39 is 0 Å². The Kier molecular flexibility index (Phi) is 20.1. The molecule has 2 heteroatoms. The van der Waals surface area contributed by atoms with Crippen LogP contribution in [0.25, 0.3) is 0 Å². The molecule has 188 valence electrons. The molecule has 1 heterocycles. The van der Waals surface area contributed by atoms with Crippen LogP contribution in [0.2, 0.25) is 0 Å². The first kappa shape index (κ1) is 29.2. The maximum atomic E-state index is 2.60. The highest BCUT2D eigenvalue weighted by atomic mass is 15.1. The smallest absolute Gasteiger partial charge is 0.234 e. The van der Waals surface area contributed by atoms with E-state index in [2.05, 4.69) is 42.3 Å². The third kappa shape index (κ3) is 15.1. The number of unbranched alkanes of at least 4 members (excludes halogenated alkanes) is 18. The van der Waals surface area contributed by atoms with Crippen LogP contribution in [-0.4, -0.2) is 4.57 Å². The average molecular weight is 448 g/mol. The van der Waals surface area contributed by atoms with Crippen molar-refractivity contribution in [3.63, 3.8) is 0 Å². The van der Waals surface area contributed by atoms with Crippen molar-refractivity contribution >= 4 is 0 Å². The molecule has 0 saturated heterocycles. The average Bonchev–Trinajstić information content (AvgIpc) is 3.18. The van der Waals surface area contributed by atoms with E-state index in [1.807, 2.05) is 0 Å². The van der Waals surface area contributed by atoms with Crippen LogP contribution < -0.4 is 4.57 Å². The molecule has 1 aromatic heterocycles. The lowest BCUT2D eigenvalue weighted by Crippen LogP contribution is -2.37. The first-order valence-corrected chi connectivity index (χ1v) is 14.9. The lowest BCUT2D eigenvalue weighted by atomic mass is 10.1. The summed E-state index contributed by atoms with van der Waals surface area (Å²) in [7, 11) is 0. The summed E-state index contributed by atoms with van der Waals surface area (Å²) in [5.41, 5.74) is 0. The molecule has 0 amide bonds. The molecule has 0 bridgehead atoms. The Morgan fingerprint density at radius 3 is 1.50 bits per heavy atom. The predicted octanol–water partition coefficient (Wildman–Crippen LogP) is 9.57. The van der Waals surface area contributed by atoms with E-state index in [4.69, 9.17) is 0 Å². The van der Waals surface area contributed by atoms with Crippen LogP contribution in [0.4, 0.5) is 0 Å². The molecule has 0 radical (unpaired) electrons. The van der Waals surface area contributed by atoms with Crippen LogP contribution >= 0.6 is 0 Å². The maximum absolute atomic E-state index is 2.60. The van der Waals surface area contributed by atoms with Crippen LogP contribution in [0.1, 0.15) is 161 Å². The van der Waals surface area contributed by atoms with Crippen molar-refractivity contribution in [3.05, 3.63) is 18.2 Å². The van der Waals surface area contributed by atoms with E-state index >= 15 is 0 Å². The second-order valence-electron chi connectivity index (χ2n) is 10.2. The Bertz CT molecular complexity index is 471. The highest BCUT2D eigenvalue weighted by molar-refractivity contribution is 4.84. The number of hydrogen-bond donors (Lipinski definition) is 0. The minimum atomic E-state index is 1.22. The fraction of sp³-hybridized carbons (Fsp3) is 0.900. The summed E-state index contributed by atoms with van der Waals surface area (Å²) < 4.78 is 5.20. The van der Waals surface area contributed by atoms with E-state index in [1.165, 1.54) is 154 Å². The first-order chi connectivity index (χ1) is 15.8. The van der Waals surface area contributed by atoms with Crippen LogP contribution in [-0.2, 0) is 19.5 Å². The van der Waals surface area contributed by atoms with Gasteiger partial charge in [0.15, 0.2) is 0 Å². The van der Waals surface area contributed by atoms with Gasteiger partial charge in [-0.2, -0.15) is 0 Å². The third-order valence-electron chi connectivity index (χ3n) is 7.10. The molecule has 1 aromatic rings. The number of nitrogens with zero attached hydrogens (tertiary/aromatic N) is 2. The summed E-state index contributed by atoms with van der Waals surface area (Å²) in [6.45, 7) is 9.37. The highest BCUT2D eigenvalue weighted by Crippen LogP contribution is 2.13. The SMILES string of the molecule is CCCCCCCCCCCc1n(CCCCCCCC)cc[n+]1CCCCCCCC. The number of aromatic nitrogens is 2. The standard InChI is InChI=1S/C30H59N2/c1-4-7-10-13-16-17-18-19-22-25-30-31(26-23-20-14-11-8-5-2)28-29-32(30)27-24-21-15-12-9-6-3/h28-29H,4-27H2,1-3H3/q+1. The van der Waals surface area contributed by atoms with Crippen LogP contribution in [0.3, 0.4) is 0 Å². The lowest BCUT2D eigenvalue weighted by Gasteiger charge is -2.07. The van der Waals surface area contributed by atoms with Gasteiger partial charge in [-0.15, -0.1) is 0 Å². The molecule has 0 aliphatic carbocycles. The first-order valence-electron chi connectivity index (χ1n) is 14.9. The zero-order valence-corrected chi connectivity index (χ0v) is 22.5. The molecule has 0 unspecified atom stereocenters. The number of hydrogen-bond acceptors (Lipinski definition) is 0. The van der Waals surface area contributed by atoms with Gasteiger partial charge in [0.2, 0.25) is 0 Å². The van der Waals surface area contributed by atoms with Crippen molar-refractivity contribution in [2.45, 2.75) is 175 Å². The Morgan fingerprint density at radius 1 is 0.531 bits per heavy atom. The molecule has 0 fully saturated rings. The van der Waals surface area contributed by atoms with Crippen molar-refractivity contribution in [2.75, 3.05) is 0 Å². The minimum Gasteiger partial charge on any atom is -0.234 e. The molecule has 0 aliphatic heterocycles. The van der Waals surface area contributed by atoms with Gasteiger partial charge in [0.1, 0.15) is 12.4 Å². The molecule has 2 nitrogen and oxygen atoms in total. The summed E-state index contributed by atoms with van der Waals surface area (Å²) in [6.07, 6.45) is 35.5. The summed E-state index contributed by atoms with van der Waals surface area (Å²) in [6, 6.07) is 0. The molecule has 0 atom stereocenters. The topological polar surface area (TPSA) is 8.81 Å². The van der Waals surface area contributed by atoms with Crippen LogP contribution in [0.5, 0.6) is 0 Å². The summed E-state index contributed by atoms with van der Waals surface area (Å²) in [5.74, 6) is 1.61. The molecular weight excluding hydrogens is 388 g/mol. The van der Waals surface area contributed by atoms with E-state index in [-0.39, 0.29) is 0 Å². The van der Waals surface area contributed by atoms with Gasteiger partial charge in [0, 0.05) is 6.42 Å². The van der Waals surface area contributed by atoms with E-state index in [0.29, 0.717) is 0 Å². The van der Waals surface area contributed by atoms with E-state index in [1.54, 1.807) is 5.82 Å². The second-order valence-corrected chi connectivity index (χ2v) is 10.2. The zero-order chi connectivity index (χ0) is 23.1. The van der Waals surface area contributed by atoms with Gasteiger partial charge < -0.3 is 0 Å². The van der Waals surface area contributed by atoms with Crippen LogP contribution in [0, 0.1) is 0 Å². The van der Waals surface area contributed by atoms with Crippen molar-refractivity contribution in [2.24, 2.45) is 0 Å². The maximum Gasteiger partial charge on any atom is 0.256 e. The van der Waals surface area contributed by atoms with Gasteiger partial charge in [0.25, 0.3) is 5.82 Å². The normalized spacial score (nSPS) is 11.5. The Labute approximate surface area is 202 Å². The largest absolute Gasteiger partial charge is 0.256 e. The van der Waals surface area contributed by atoms with Crippen molar-refractivity contribution in [1.29, 1.82) is 0 Å². The van der Waals surface area contributed by atoms with Gasteiger partial charge in [-0.25, -0.2) is 9.13 Å². The van der Waals surface area contributed by atoms with Gasteiger partial charge in [0.05, 0.1) is 13.1 Å². The number of rotatable bonds is 24. The van der Waals surface area contributed by atoms with E-state index in [0.717, 1.165) is 0 Å². The predicted molar refractivity (Wildman–Crippen MR) is 142 cm³/mol. The summed E-state index contributed by atoms with van der Waals surface area (Å²) in [4.78, 5) is 0. The van der Waals surface area contributed by atoms with Gasteiger partial charge >= 0.3 is 0 Å². The summed E-state index contributed by atoms with van der Waals surface area (Å²) in [5, 5.41) is 0. The Morgan fingerprint density at radius 2 is 0.969 bits per heavy atom. The molecule has 32 heavy (non-hydrogen) atoms. The fourth-order valence-electron chi connectivity index (χ4n) is 4.91. The lowest BCUT2D eigenvalue weighted by molar-refractivity contribution is -0.704. The fourth-order valence-corrected chi connectivity index (χ4v) is 4.91. The molecule has 0 aliphatic rings. The van der Waals surface area contributed by atoms with Gasteiger partial charge in [-0.3, -0.25) is 0 Å². The van der Waals surface area contributed by atoms with Crippen molar-refractivity contribution in [1.82, 2.24) is 4.57 Å². The quantitative estimate of drug-likeness (QED) is 0.110. The van der Waals surface area contributed by atoms with Crippen molar-refractivity contribution < 1.29 is 4.57 Å². The molecule has 0 aromatic carbocycles. The minimum absolute atomic E-state index is 1.22. The van der Waals surface area contributed by atoms with Gasteiger partial charge in [-0.05, 0) is 32.1 Å². The zero-order valence-electron chi connectivity index (χ0n) is 22.5. The van der Waals surface area contributed by atoms with E-state index in [9.17, 15) is 0 Å². The Hall–Kier alpha value is -0.790. The summed E-state index contributed by atoms with van der Waals surface area (Å²) >= 11 is 0. The molecule has 0 saturated carbocycles. The third-order valence-corrected chi connectivity index (χ3v) is 7.10. The second kappa shape index (κ2) is 22.0. The van der Waals surface area contributed by atoms with Crippen molar-refractivity contribution in [3.8, 4) is 0 Å². The van der Waals surface area contributed by atoms with Crippen LogP contribution in [0.15, 0.2) is 12.4 Å². The Balaban J connectivity index is 2.38.